The summed E-state index contributed by atoms with van der Waals surface area (Å²) in [7, 11) is 0. The largest absolute Gasteiger partial charge is 0.483 e. The fourth-order valence-corrected chi connectivity index (χ4v) is 1.60. The second-order valence-electron chi connectivity index (χ2n) is 3.80. The number of carboxylic acid groups (broad SMARTS) is 1. The van der Waals surface area contributed by atoms with Gasteiger partial charge in [0, 0.05) is 13.1 Å². The molecular weight excluding hydrogens is 253 g/mol. The second kappa shape index (κ2) is 6.72. The van der Waals surface area contributed by atoms with Crippen LogP contribution in [0.2, 0.25) is 0 Å². The molecule has 1 aromatic rings. The first-order valence-electron chi connectivity index (χ1n) is 5.93. The number of likely N-dealkylation sites (N-methyl/N-ethyl adjacent to an activating group) is 1. The Bertz CT molecular complexity index is 472. The Morgan fingerprint density at radius 3 is 2.47 bits per heavy atom. The smallest absolute Gasteiger partial charge is 0.339 e. The molecule has 1 aromatic carbocycles. The van der Waals surface area contributed by atoms with Gasteiger partial charge in [-0.1, -0.05) is 0 Å². The Hall–Kier alpha value is -2.11. The number of amides is 1. The van der Waals surface area contributed by atoms with Gasteiger partial charge >= 0.3 is 5.97 Å². The summed E-state index contributed by atoms with van der Waals surface area (Å²) >= 11 is 0. The number of carbonyl (C=O) groups is 2. The second-order valence-corrected chi connectivity index (χ2v) is 3.80. The van der Waals surface area contributed by atoms with Crippen LogP contribution >= 0.6 is 0 Å². The topological polar surface area (TPSA) is 66.8 Å². The van der Waals surface area contributed by atoms with E-state index in [9.17, 15) is 14.0 Å². The van der Waals surface area contributed by atoms with E-state index in [1.54, 1.807) is 4.90 Å². The number of carbonyl (C=O) groups excluding carboxylic acids is 1. The normalized spacial score (nSPS) is 10.1. The van der Waals surface area contributed by atoms with Crippen LogP contribution in [0.15, 0.2) is 18.2 Å². The number of hydrogen-bond donors (Lipinski definition) is 1. The van der Waals surface area contributed by atoms with Gasteiger partial charge in [-0.05, 0) is 32.0 Å². The molecule has 0 radical (unpaired) electrons. The number of ether oxygens (including phenoxy) is 1. The number of nitrogens with zero attached hydrogens (tertiary/aromatic N) is 1. The van der Waals surface area contributed by atoms with E-state index in [2.05, 4.69) is 0 Å². The molecule has 19 heavy (non-hydrogen) atoms. The molecule has 6 heteroatoms. The van der Waals surface area contributed by atoms with Crippen molar-refractivity contribution in [2.45, 2.75) is 13.8 Å². The van der Waals surface area contributed by atoms with Crippen LogP contribution in [0.4, 0.5) is 4.39 Å². The minimum Gasteiger partial charge on any atom is -0.483 e. The minimum atomic E-state index is -1.30. The molecular formula is C13H16FNO4. The van der Waals surface area contributed by atoms with Crippen LogP contribution in [-0.2, 0) is 4.79 Å². The standard InChI is InChI=1S/C13H16FNO4/c1-3-15(4-2)12(16)8-19-11-6-5-9(14)7-10(11)13(17)18/h5-7H,3-4,8H2,1-2H3,(H,17,18). The summed E-state index contributed by atoms with van der Waals surface area (Å²) < 4.78 is 18.1. The Kier molecular flexibility index (Phi) is 5.29. The third-order valence-electron chi connectivity index (χ3n) is 2.64. The monoisotopic (exact) mass is 269 g/mol. The molecule has 1 amide bonds. The number of benzene rings is 1. The highest BCUT2D eigenvalue weighted by molar-refractivity contribution is 5.91. The van der Waals surface area contributed by atoms with Crippen molar-refractivity contribution < 1.29 is 23.8 Å². The Morgan fingerprint density at radius 2 is 1.95 bits per heavy atom. The average Bonchev–Trinajstić information content (AvgIpc) is 2.38. The van der Waals surface area contributed by atoms with Crippen molar-refractivity contribution >= 4 is 11.9 Å². The van der Waals surface area contributed by atoms with E-state index in [1.165, 1.54) is 6.07 Å². The molecule has 0 fully saturated rings. The van der Waals surface area contributed by atoms with Crippen molar-refractivity contribution in [3.05, 3.63) is 29.6 Å². The number of rotatable bonds is 6. The summed E-state index contributed by atoms with van der Waals surface area (Å²) in [5, 5.41) is 8.91. The van der Waals surface area contributed by atoms with Gasteiger partial charge in [0.2, 0.25) is 0 Å². The van der Waals surface area contributed by atoms with Crippen molar-refractivity contribution in [2.75, 3.05) is 19.7 Å². The van der Waals surface area contributed by atoms with E-state index >= 15 is 0 Å². The molecule has 1 rings (SSSR count). The fraction of sp³-hybridized carbons (Fsp3) is 0.385. The van der Waals surface area contributed by atoms with Crippen LogP contribution in [-0.4, -0.2) is 41.6 Å². The molecule has 0 aliphatic rings. The van der Waals surface area contributed by atoms with Crippen LogP contribution in [0.25, 0.3) is 0 Å². The quantitative estimate of drug-likeness (QED) is 0.854. The van der Waals surface area contributed by atoms with Crippen molar-refractivity contribution in [3.63, 3.8) is 0 Å². The van der Waals surface area contributed by atoms with E-state index < -0.39 is 11.8 Å². The molecule has 0 heterocycles. The van der Waals surface area contributed by atoms with E-state index in [0.717, 1.165) is 12.1 Å². The Morgan fingerprint density at radius 1 is 1.32 bits per heavy atom. The van der Waals surface area contributed by atoms with E-state index in [-0.39, 0.29) is 23.8 Å². The number of hydrogen-bond acceptors (Lipinski definition) is 3. The number of halogens is 1. The summed E-state index contributed by atoms with van der Waals surface area (Å²) in [6.45, 7) is 4.50. The highest BCUT2D eigenvalue weighted by Crippen LogP contribution is 2.19. The summed E-state index contributed by atoms with van der Waals surface area (Å²) in [6.07, 6.45) is 0. The van der Waals surface area contributed by atoms with Crippen molar-refractivity contribution in [1.29, 1.82) is 0 Å². The minimum absolute atomic E-state index is 0.0191. The highest BCUT2D eigenvalue weighted by atomic mass is 19.1. The van der Waals surface area contributed by atoms with Crippen molar-refractivity contribution in [3.8, 4) is 5.75 Å². The van der Waals surface area contributed by atoms with Gasteiger partial charge in [0.15, 0.2) is 6.61 Å². The van der Waals surface area contributed by atoms with Gasteiger partial charge in [-0.2, -0.15) is 0 Å². The molecule has 0 unspecified atom stereocenters. The van der Waals surface area contributed by atoms with Gasteiger partial charge in [-0.25, -0.2) is 9.18 Å². The maximum Gasteiger partial charge on any atom is 0.339 e. The molecule has 1 N–H and O–H groups in total. The zero-order valence-electron chi connectivity index (χ0n) is 10.9. The van der Waals surface area contributed by atoms with Gasteiger partial charge in [0.25, 0.3) is 5.91 Å². The van der Waals surface area contributed by atoms with Gasteiger partial charge in [0.1, 0.15) is 17.1 Å². The first-order valence-corrected chi connectivity index (χ1v) is 5.93. The van der Waals surface area contributed by atoms with Crippen molar-refractivity contribution in [1.82, 2.24) is 4.90 Å². The van der Waals surface area contributed by atoms with Gasteiger partial charge in [0.05, 0.1) is 0 Å². The van der Waals surface area contributed by atoms with E-state index in [0.29, 0.717) is 13.1 Å². The van der Waals surface area contributed by atoms with Gasteiger partial charge in [-0.3, -0.25) is 4.79 Å². The molecule has 0 spiro atoms. The zero-order valence-corrected chi connectivity index (χ0v) is 10.9. The van der Waals surface area contributed by atoms with Crippen LogP contribution in [0, 0.1) is 5.82 Å². The van der Waals surface area contributed by atoms with Crippen LogP contribution in [0.1, 0.15) is 24.2 Å². The first-order chi connectivity index (χ1) is 8.99. The lowest BCUT2D eigenvalue weighted by atomic mass is 10.2. The molecule has 5 nitrogen and oxygen atoms in total. The molecule has 0 aliphatic heterocycles. The molecule has 104 valence electrons. The third-order valence-corrected chi connectivity index (χ3v) is 2.64. The zero-order chi connectivity index (χ0) is 14.4. The Balaban J connectivity index is 2.78. The van der Waals surface area contributed by atoms with Crippen molar-refractivity contribution in [2.24, 2.45) is 0 Å². The lowest BCUT2D eigenvalue weighted by Crippen LogP contribution is -2.34. The van der Waals surface area contributed by atoms with Crippen LogP contribution in [0.5, 0.6) is 5.75 Å². The summed E-state index contributed by atoms with van der Waals surface area (Å²) in [5.41, 5.74) is -0.299. The molecule has 0 bridgehead atoms. The number of aromatic carboxylic acids is 1. The van der Waals surface area contributed by atoms with E-state index in [4.69, 9.17) is 9.84 Å². The Labute approximate surface area is 110 Å². The van der Waals surface area contributed by atoms with Crippen LogP contribution < -0.4 is 4.74 Å². The van der Waals surface area contributed by atoms with Gasteiger partial charge < -0.3 is 14.7 Å². The molecule has 0 aliphatic carbocycles. The van der Waals surface area contributed by atoms with E-state index in [1.807, 2.05) is 13.8 Å². The summed E-state index contributed by atoms with van der Waals surface area (Å²) in [5.74, 6) is -2.23. The average molecular weight is 269 g/mol. The maximum absolute atomic E-state index is 12.9. The SMILES string of the molecule is CCN(CC)C(=O)COc1ccc(F)cc1C(=O)O. The lowest BCUT2D eigenvalue weighted by molar-refractivity contribution is -0.132. The van der Waals surface area contributed by atoms with Crippen LogP contribution in [0.3, 0.4) is 0 Å². The summed E-state index contributed by atoms with van der Waals surface area (Å²) in [4.78, 5) is 24.2. The molecule has 0 saturated heterocycles. The molecule has 0 saturated carbocycles. The third kappa shape index (κ3) is 3.94. The molecule has 0 atom stereocenters. The van der Waals surface area contributed by atoms with Gasteiger partial charge in [-0.15, -0.1) is 0 Å². The maximum atomic E-state index is 12.9. The molecule has 0 aromatic heterocycles. The first kappa shape index (κ1) is 14.9. The highest BCUT2D eigenvalue weighted by Gasteiger charge is 2.15. The number of carboxylic acids is 1. The predicted molar refractivity (Wildman–Crippen MR) is 66.8 cm³/mol. The predicted octanol–water partition coefficient (Wildman–Crippen LogP) is 1.77. The summed E-state index contributed by atoms with van der Waals surface area (Å²) in [6, 6.07) is 3.15. The fourth-order valence-electron chi connectivity index (χ4n) is 1.60. The lowest BCUT2D eigenvalue weighted by Gasteiger charge is -2.19.